The number of benzene rings is 2. The Labute approximate surface area is 174 Å². The first-order valence-corrected chi connectivity index (χ1v) is 10.4. The molecule has 0 aliphatic carbocycles. The molecule has 3 rings (SSSR count). The maximum atomic E-state index is 12.6. The van der Waals surface area contributed by atoms with E-state index in [2.05, 4.69) is 22.5 Å². The molecule has 2 amide bonds. The first kappa shape index (κ1) is 20.7. The van der Waals surface area contributed by atoms with Crippen LogP contribution in [0, 0.1) is 6.92 Å². The van der Waals surface area contributed by atoms with E-state index in [1.807, 2.05) is 42.9 Å². The minimum atomic E-state index is -0.169. The standard InChI is InChI=1S/C22H24N4O2S/c1-4-16-7-5-6-15(2)20(16)25-21(28)17-8-10-18(11-9-17)24-19(27)14-29-22-23-12-13-26(22)3/h5-13H,4,14H2,1-3H3,(H,24,27)(H,25,28). The third-order valence-corrected chi connectivity index (χ3v) is 5.58. The van der Waals surface area contributed by atoms with Crippen molar-refractivity contribution >= 4 is 35.0 Å². The monoisotopic (exact) mass is 408 g/mol. The minimum Gasteiger partial charge on any atom is -0.329 e. The predicted octanol–water partition coefficient (Wildman–Crippen LogP) is 4.27. The van der Waals surface area contributed by atoms with Crippen LogP contribution in [0.25, 0.3) is 0 Å². The van der Waals surface area contributed by atoms with E-state index in [1.165, 1.54) is 11.8 Å². The average Bonchev–Trinajstić information content (AvgIpc) is 3.13. The molecule has 2 N–H and O–H groups in total. The normalized spacial score (nSPS) is 10.6. The molecule has 0 bridgehead atoms. The van der Waals surface area contributed by atoms with Gasteiger partial charge in [-0.3, -0.25) is 9.59 Å². The fraction of sp³-hybridized carbons (Fsp3) is 0.227. The second-order valence-corrected chi connectivity index (χ2v) is 7.59. The third kappa shape index (κ3) is 5.26. The number of carbonyl (C=O) groups excluding carboxylic acids is 2. The van der Waals surface area contributed by atoms with E-state index in [9.17, 15) is 9.59 Å². The number of aromatic nitrogens is 2. The molecule has 2 aromatic carbocycles. The van der Waals surface area contributed by atoms with Crippen LogP contribution in [0.15, 0.2) is 60.0 Å². The molecule has 0 atom stereocenters. The van der Waals surface area contributed by atoms with Crippen LogP contribution in [0.5, 0.6) is 0 Å². The number of carbonyl (C=O) groups is 2. The van der Waals surface area contributed by atoms with Crippen LogP contribution in [-0.2, 0) is 18.3 Å². The van der Waals surface area contributed by atoms with Crippen LogP contribution in [0.2, 0.25) is 0 Å². The van der Waals surface area contributed by atoms with E-state index < -0.39 is 0 Å². The van der Waals surface area contributed by atoms with Crippen molar-refractivity contribution < 1.29 is 9.59 Å². The third-order valence-electron chi connectivity index (χ3n) is 4.52. The number of imidazole rings is 1. The molecule has 0 unspecified atom stereocenters. The summed E-state index contributed by atoms with van der Waals surface area (Å²) >= 11 is 1.37. The molecule has 1 heterocycles. The van der Waals surface area contributed by atoms with Gasteiger partial charge in [0, 0.05) is 36.4 Å². The lowest BCUT2D eigenvalue weighted by atomic mass is 10.1. The predicted molar refractivity (Wildman–Crippen MR) is 118 cm³/mol. The SMILES string of the molecule is CCc1cccc(C)c1NC(=O)c1ccc(NC(=O)CSc2nccn2C)cc1. The molecule has 0 aliphatic heterocycles. The summed E-state index contributed by atoms with van der Waals surface area (Å²) in [5.74, 6) is -0.0277. The first-order chi connectivity index (χ1) is 14.0. The molecule has 150 valence electrons. The Morgan fingerprint density at radius 2 is 1.86 bits per heavy atom. The highest BCUT2D eigenvalue weighted by Gasteiger charge is 2.11. The van der Waals surface area contributed by atoms with Crippen LogP contribution in [0.1, 0.15) is 28.4 Å². The van der Waals surface area contributed by atoms with E-state index in [0.717, 1.165) is 28.4 Å². The summed E-state index contributed by atoms with van der Waals surface area (Å²) in [4.78, 5) is 28.9. The van der Waals surface area contributed by atoms with Crippen LogP contribution in [0.3, 0.4) is 0 Å². The molecule has 6 nitrogen and oxygen atoms in total. The van der Waals surface area contributed by atoms with Crippen molar-refractivity contribution in [2.75, 3.05) is 16.4 Å². The quantitative estimate of drug-likeness (QED) is 0.572. The van der Waals surface area contributed by atoms with Gasteiger partial charge in [-0.05, 0) is 48.7 Å². The van der Waals surface area contributed by atoms with E-state index in [1.54, 1.807) is 30.5 Å². The second kappa shape index (κ2) is 9.43. The van der Waals surface area contributed by atoms with Gasteiger partial charge in [0.15, 0.2) is 5.16 Å². The highest BCUT2D eigenvalue weighted by molar-refractivity contribution is 7.99. The van der Waals surface area contributed by atoms with Crippen molar-refractivity contribution in [2.24, 2.45) is 7.05 Å². The van der Waals surface area contributed by atoms with Gasteiger partial charge in [0.05, 0.1) is 5.75 Å². The van der Waals surface area contributed by atoms with Crippen molar-refractivity contribution in [3.05, 3.63) is 71.5 Å². The molecule has 0 radical (unpaired) electrons. The van der Waals surface area contributed by atoms with Crippen molar-refractivity contribution in [1.29, 1.82) is 0 Å². The maximum absolute atomic E-state index is 12.6. The van der Waals surface area contributed by atoms with Gasteiger partial charge in [0.1, 0.15) is 0 Å². The summed E-state index contributed by atoms with van der Waals surface area (Å²) < 4.78 is 1.86. The summed E-state index contributed by atoms with van der Waals surface area (Å²) in [5.41, 5.74) is 4.19. The highest BCUT2D eigenvalue weighted by atomic mass is 32.2. The number of hydrogen-bond acceptors (Lipinski definition) is 4. The minimum absolute atomic E-state index is 0.123. The smallest absolute Gasteiger partial charge is 0.255 e. The Morgan fingerprint density at radius 1 is 1.10 bits per heavy atom. The van der Waals surface area contributed by atoms with Crippen LogP contribution in [-0.4, -0.2) is 27.1 Å². The maximum Gasteiger partial charge on any atom is 0.255 e. The van der Waals surface area contributed by atoms with Gasteiger partial charge in [-0.25, -0.2) is 4.98 Å². The zero-order valence-electron chi connectivity index (χ0n) is 16.7. The van der Waals surface area contributed by atoms with Gasteiger partial charge in [0.2, 0.25) is 5.91 Å². The lowest BCUT2D eigenvalue weighted by Gasteiger charge is -2.13. The first-order valence-electron chi connectivity index (χ1n) is 9.37. The van der Waals surface area contributed by atoms with Crippen LogP contribution < -0.4 is 10.6 Å². The largest absolute Gasteiger partial charge is 0.329 e. The fourth-order valence-corrected chi connectivity index (χ4v) is 3.64. The molecule has 0 spiro atoms. The van der Waals surface area contributed by atoms with Gasteiger partial charge < -0.3 is 15.2 Å². The summed E-state index contributed by atoms with van der Waals surface area (Å²) in [7, 11) is 1.89. The zero-order chi connectivity index (χ0) is 20.8. The van der Waals surface area contributed by atoms with Crippen molar-refractivity contribution in [1.82, 2.24) is 9.55 Å². The molecule has 0 aliphatic rings. The van der Waals surface area contributed by atoms with Crippen molar-refractivity contribution in [3.63, 3.8) is 0 Å². The number of thioether (sulfide) groups is 1. The van der Waals surface area contributed by atoms with Crippen molar-refractivity contribution in [3.8, 4) is 0 Å². The number of amides is 2. The number of para-hydroxylation sites is 1. The van der Waals surface area contributed by atoms with E-state index in [-0.39, 0.29) is 17.6 Å². The Bertz CT molecular complexity index is 1010. The zero-order valence-corrected chi connectivity index (χ0v) is 17.5. The molecule has 0 fully saturated rings. The van der Waals surface area contributed by atoms with Crippen LogP contribution >= 0.6 is 11.8 Å². The fourth-order valence-electron chi connectivity index (χ4n) is 2.91. The van der Waals surface area contributed by atoms with Gasteiger partial charge in [-0.15, -0.1) is 0 Å². The van der Waals surface area contributed by atoms with Gasteiger partial charge in [-0.1, -0.05) is 36.9 Å². The van der Waals surface area contributed by atoms with Crippen molar-refractivity contribution in [2.45, 2.75) is 25.4 Å². The van der Waals surface area contributed by atoms with E-state index in [0.29, 0.717) is 11.3 Å². The molecule has 0 saturated carbocycles. The topological polar surface area (TPSA) is 76.0 Å². The number of nitrogens with one attached hydrogen (secondary N) is 2. The van der Waals surface area contributed by atoms with Crippen LogP contribution in [0.4, 0.5) is 11.4 Å². The van der Waals surface area contributed by atoms with Gasteiger partial charge in [0.25, 0.3) is 5.91 Å². The summed E-state index contributed by atoms with van der Waals surface area (Å²) in [5, 5.41) is 6.63. The molecule has 3 aromatic rings. The molecule has 0 saturated heterocycles. The number of aryl methyl sites for hydroxylation is 3. The Hall–Kier alpha value is -3.06. The van der Waals surface area contributed by atoms with Gasteiger partial charge >= 0.3 is 0 Å². The molecule has 7 heteroatoms. The number of rotatable bonds is 7. The molecular formula is C22H24N4O2S. The number of hydrogen-bond donors (Lipinski definition) is 2. The molecule has 1 aromatic heterocycles. The van der Waals surface area contributed by atoms with E-state index >= 15 is 0 Å². The molecule has 29 heavy (non-hydrogen) atoms. The summed E-state index contributed by atoms with van der Waals surface area (Å²) in [6.45, 7) is 4.05. The lowest BCUT2D eigenvalue weighted by Crippen LogP contribution is -2.16. The Balaban J connectivity index is 1.59. The van der Waals surface area contributed by atoms with E-state index in [4.69, 9.17) is 0 Å². The Kier molecular flexibility index (Phi) is 6.72. The summed E-state index contributed by atoms with van der Waals surface area (Å²) in [6.07, 6.45) is 4.38. The molecular weight excluding hydrogens is 384 g/mol. The second-order valence-electron chi connectivity index (χ2n) is 6.65. The number of nitrogens with zero attached hydrogens (tertiary/aromatic N) is 2. The number of anilines is 2. The summed E-state index contributed by atoms with van der Waals surface area (Å²) in [6, 6.07) is 12.9. The van der Waals surface area contributed by atoms with Gasteiger partial charge in [-0.2, -0.15) is 0 Å². The Morgan fingerprint density at radius 3 is 2.52 bits per heavy atom. The highest BCUT2D eigenvalue weighted by Crippen LogP contribution is 2.22. The lowest BCUT2D eigenvalue weighted by molar-refractivity contribution is -0.113. The average molecular weight is 409 g/mol.